The summed E-state index contributed by atoms with van der Waals surface area (Å²) in [5.41, 5.74) is 0. The zero-order chi connectivity index (χ0) is 16.1. The fourth-order valence-corrected chi connectivity index (χ4v) is 5.38. The van der Waals surface area contributed by atoms with Crippen molar-refractivity contribution in [1.29, 1.82) is 0 Å². The Morgan fingerprint density at radius 1 is 0.714 bits per heavy atom. The van der Waals surface area contributed by atoms with Crippen LogP contribution in [0.5, 0.6) is 0 Å². The Bertz CT molecular complexity index is 218. The average molecular weight is 357 g/mol. The van der Waals surface area contributed by atoms with Crippen LogP contribution in [0.1, 0.15) is 91.9 Å². The van der Waals surface area contributed by atoms with Crippen LogP contribution >= 0.6 is 22.2 Å². The van der Waals surface area contributed by atoms with Gasteiger partial charge < -0.3 is 8.85 Å². The Hall–Kier alpha value is 0.717. The molecule has 0 saturated carbocycles. The van der Waals surface area contributed by atoms with Crippen molar-refractivity contribution in [3.8, 4) is 0 Å². The van der Waals surface area contributed by atoms with Gasteiger partial charge in [0.2, 0.25) is 0 Å². The summed E-state index contributed by atoms with van der Waals surface area (Å²) >= 11 is 12.5. The number of hydrogen-bond donors (Lipinski definition) is 0. The van der Waals surface area contributed by atoms with Crippen molar-refractivity contribution < 1.29 is 8.85 Å². The molecular weight excluding hydrogens is 323 g/mol. The maximum Gasteiger partial charge on any atom is 0.551 e. The van der Waals surface area contributed by atoms with Gasteiger partial charge >= 0.3 is 7.18 Å². The smallest absolute Gasteiger partial charge is 0.369 e. The highest BCUT2D eigenvalue weighted by molar-refractivity contribution is 7.39. The first-order chi connectivity index (χ1) is 9.91. The van der Waals surface area contributed by atoms with Crippen molar-refractivity contribution in [2.45, 2.75) is 104 Å². The Morgan fingerprint density at radius 2 is 1.10 bits per heavy atom. The maximum atomic E-state index is 6.27. The van der Waals surface area contributed by atoms with Crippen molar-refractivity contribution in [3.63, 3.8) is 0 Å². The third-order valence-corrected chi connectivity index (χ3v) is 6.03. The van der Waals surface area contributed by atoms with Crippen LogP contribution in [0.2, 0.25) is 0 Å². The summed E-state index contributed by atoms with van der Waals surface area (Å²) in [6.07, 6.45) is 12.0. The van der Waals surface area contributed by atoms with E-state index in [-0.39, 0.29) is 12.2 Å². The van der Waals surface area contributed by atoms with Crippen LogP contribution in [-0.2, 0) is 8.85 Å². The van der Waals surface area contributed by atoms with E-state index < -0.39 is 7.18 Å². The first-order valence-electron chi connectivity index (χ1n) is 8.64. The van der Waals surface area contributed by atoms with Crippen molar-refractivity contribution >= 4 is 29.3 Å². The third-order valence-electron chi connectivity index (χ3n) is 3.61. The van der Waals surface area contributed by atoms with Crippen molar-refractivity contribution in [2.75, 3.05) is 0 Å². The van der Waals surface area contributed by atoms with Crippen LogP contribution < -0.4 is 0 Å². The van der Waals surface area contributed by atoms with Crippen molar-refractivity contribution in [1.82, 2.24) is 0 Å². The standard InChI is InChI=1S/C16H34Cl2O2Si/c1-5-7-9-11-13-15(3)19-21(17,18)20-16(4)14-12-10-8-6-2/h15-16H,5-14H2,1-4H3. The zero-order valence-electron chi connectivity index (χ0n) is 14.3. The van der Waals surface area contributed by atoms with Gasteiger partial charge in [-0.1, -0.05) is 87.4 Å². The third kappa shape index (κ3) is 14.1. The molecule has 128 valence electrons. The second kappa shape index (κ2) is 13.2. The van der Waals surface area contributed by atoms with Gasteiger partial charge in [-0.25, -0.2) is 0 Å². The summed E-state index contributed by atoms with van der Waals surface area (Å²) in [4.78, 5) is 0. The minimum atomic E-state index is -3.02. The van der Waals surface area contributed by atoms with Crippen LogP contribution in [0.3, 0.4) is 0 Å². The van der Waals surface area contributed by atoms with E-state index in [1.54, 1.807) is 0 Å². The molecule has 0 heterocycles. The largest absolute Gasteiger partial charge is 0.551 e. The van der Waals surface area contributed by atoms with Gasteiger partial charge in [0.05, 0.1) is 0 Å². The Balaban J connectivity index is 3.83. The number of hydrogen-bond acceptors (Lipinski definition) is 2. The van der Waals surface area contributed by atoms with Crippen LogP contribution in [-0.4, -0.2) is 19.4 Å². The highest BCUT2D eigenvalue weighted by Gasteiger charge is 2.37. The second-order valence-corrected chi connectivity index (χ2v) is 11.0. The molecule has 0 bridgehead atoms. The maximum absolute atomic E-state index is 6.27. The van der Waals surface area contributed by atoms with Gasteiger partial charge in [0.25, 0.3) is 0 Å². The minimum Gasteiger partial charge on any atom is -0.369 e. The number of halogens is 2. The van der Waals surface area contributed by atoms with Gasteiger partial charge in [-0.05, 0) is 26.7 Å². The van der Waals surface area contributed by atoms with E-state index in [9.17, 15) is 0 Å². The van der Waals surface area contributed by atoms with E-state index in [2.05, 4.69) is 13.8 Å². The quantitative estimate of drug-likeness (QED) is 0.197. The van der Waals surface area contributed by atoms with Crippen LogP contribution in [0.25, 0.3) is 0 Å². The molecule has 2 unspecified atom stereocenters. The first-order valence-corrected chi connectivity index (χ1v) is 12.5. The normalized spacial score (nSPS) is 15.1. The molecule has 2 nitrogen and oxygen atoms in total. The van der Waals surface area contributed by atoms with Gasteiger partial charge in [-0.15, -0.1) is 0 Å². The Labute approximate surface area is 142 Å². The second-order valence-electron chi connectivity index (χ2n) is 6.02. The van der Waals surface area contributed by atoms with Gasteiger partial charge in [-0.3, -0.25) is 0 Å². The highest BCUT2D eigenvalue weighted by Crippen LogP contribution is 2.25. The molecule has 0 N–H and O–H groups in total. The molecule has 0 fully saturated rings. The lowest BCUT2D eigenvalue weighted by Crippen LogP contribution is -2.36. The molecule has 21 heavy (non-hydrogen) atoms. The fraction of sp³-hybridized carbons (Fsp3) is 1.00. The molecule has 0 aliphatic heterocycles. The van der Waals surface area contributed by atoms with Gasteiger partial charge in [0.15, 0.2) is 0 Å². The van der Waals surface area contributed by atoms with Crippen LogP contribution in [0, 0.1) is 0 Å². The highest BCUT2D eigenvalue weighted by atomic mass is 35.7. The van der Waals surface area contributed by atoms with E-state index in [1.807, 2.05) is 13.8 Å². The summed E-state index contributed by atoms with van der Waals surface area (Å²) in [5.74, 6) is 0. The predicted molar refractivity (Wildman–Crippen MR) is 96.1 cm³/mol. The summed E-state index contributed by atoms with van der Waals surface area (Å²) < 4.78 is 11.5. The van der Waals surface area contributed by atoms with Crippen molar-refractivity contribution in [3.05, 3.63) is 0 Å². The molecule has 0 radical (unpaired) electrons. The minimum absolute atomic E-state index is 0.0795. The van der Waals surface area contributed by atoms with E-state index in [1.165, 1.54) is 51.4 Å². The lowest BCUT2D eigenvalue weighted by atomic mass is 10.1. The lowest BCUT2D eigenvalue weighted by molar-refractivity contribution is 0.109. The van der Waals surface area contributed by atoms with E-state index >= 15 is 0 Å². The summed E-state index contributed by atoms with van der Waals surface area (Å²) in [6, 6.07) is 0. The van der Waals surface area contributed by atoms with E-state index in [0.717, 1.165) is 12.8 Å². The van der Waals surface area contributed by atoms with Gasteiger partial charge in [-0.2, -0.15) is 0 Å². The van der Waals surface area contributed by atoms with Crippen LogP contribution in [0.4, 0.5) is 0 Å². The molecule has 0 aromatic carbocycles. The zero-order valence-corrected chi connectivity index (χ0v) is 16.8. The SMILES string of the molecule is CCCCCCC(C)O[Si](Cl)(Cl)OC(C)CCCCCC. The summed E-state index contributed by atoms with van der Waals surface area (Å²) in [6.45, 7) is 8.50. The molecule has 0 aliphatic carbocycles. The number of rotatable bonds is 14. The molecule has 0 spiro atoms. The van der Waals surface area contributed by atoms with Crippen LogP contribution in [0.15, 0.2) is 0 Å². The molecule has 5 heteroatoms. The Morgan fingerprint density at radius 3 is 1.43 bits per heavy atom. The van der Waals surface area contributed by atoms with E-state index in [4.69, 9.17) is 31.0 Å². The lowest BCUT2D eigenvalue weighted by Gasteiger charge is -2.25. The average Bonchev–Trinajstić information content (AvgIpc) is 2.38. The van der Waals surface area contributed by atoms with E-state index in [0.29, 0.717) is 0 Å². The number of unbranched alkanes of at least 4 members (excludes halogenated alkanes) is 6. The van der Waals surface area contributed by atoms with Gasteiger partial charge in [0, 0.05) is 12.2 Å². The molecule has 0 aromatic rings. The summed E-state index contributed by atoms with van der Waals surface area (Å²) in [5, 5.41) is 0. The molecule has 2 atom stereocenters. The molecule has 0 amide bonds. The van der Waals surface area contributed by atoms with Crippen molar-refractivity contribution in [2.24, 2.45) is 0 Å². The van der Waals surface area contributed by atoms with Gasteiger partial charge in [0.1, 0.15) is 0 Å². The molecule has 0 saturated heterocycles. The predicted octanol–water partition coefficient (Wildman–Crippen LogP) is 6.65. The molecule has 0 aromatic heterocycles. The Kier molecular flexibility index (Phi) is 13.6. The first kappa shape index (κ1) is 21.7. The fourth-order valence-electron chi connectivity index (χ4n) is 2.33. The monoisotopic (exact) mass is 356 g/mol. The summed E-state index contributed by atoms with van der Waals surface area (Å²) in [7, 11) is -3.02. The topological polar surface area (TPSA) is 18.5 Å². The molecular formula is C16H34Cl2O2Si. The molecule has 0 aliphatic rings. The molecule has 0 rings (SSSR count).